The van der Waals surface area contributed by atoms with Gasteiger partial charge < -0.3 is 4.90 Å². The van der Waals surface area contributed by atoms with Crippen LogP contribution >= 0.6 is 11.5 Å². The zero-order valence-electron chi connectivity index (χ0n) is 10.6. The van der Waals surface area contributed by atoms with Gasteiger partial charge >= 0.3 is 0 Å². The van der Waals surface area contributed by atoms with Crippen molar-refractivity contribution in [1.29, 1.82) is 0 Å². The summed E-state index contributed by atoms with van der Waals surface area (Å²) in [6, 6.07) is 11.9. The molecule has 0 unspecified atom stereocenters. The summed E-state index contributed by atoms with van der Waals surface area (Å²) in [5.74, 6) is 0.00528. The summed E-state index contributed by atoms with van der Waals surface area (Å²) < 4.78 is 4.18. The van der Waals surface area contributed by atoms with E-state index in [-0.39, 0.29) is 5.91 Å². The molecule has 0 N–H and O–H groups in total. The molecule has 0 aliphatic rings. The molecule has 0 aliphatic carbocycles. The van der Waals surface area contributed by atoms with Crippen molar-refractivity contribution in [3.63, 3.8) is 0 Å². The fraction of sp³-hybridized carbons (Fsp3) is 0.286. The second-order valence-corrected chi connectivity index (χ2v) is 5.14. The number of aromatic nitrogens is 1. The molecule has 0 bridgehead atoms. The molecule has 0 spiro atoms. The maximum atomic E-state index is 12.3. The number of rotatable bonds is 4. The highest BCUT2D eigenvalue weighted by molar-refractivity contribution is 7.05. The van der Waals surface area contributed by atoms with E-state index < -0.39 is 0 Å². The van der Waals surface area contributed by atoms with E-state index in [9.17, 15) is 4.79 Å². The first-order valence-corrected chi connectivity index (χ1v) is 6.74. The SMILES string of the molecule is CCN(Cc1ccccc1)C(=O)c1cc(C)sn1. The number of carbonyl (C=O) groups excluding carboxylic acids is 1. The highest BCUT2D eigenvalue weighted by Crippen LogP contribution is 2.12. The fourth-order valence-electron chi connectivity index (χ4n) is 1.76. The lowest BCUT2D eigenvalue weighted by atomic mass is 10.2. The van der Waals surface area contributed by atoms with Gasteiger partial charge in [0.05, 0.1) is 0 Å². The Hall–Kier alpha value is -1.68. The quantitative estimate of drug-likeness (QED) is 0.846. The normalized spacial score (nSPS) is 10.3. The highest BCUT2D eigenvalue weighted by Gasteiger charge is 2.16. The maximum Gasteiger partial charge on any atom is 0.273 e. The van der Waals surface area contributed by atoms with Crippen LogP contribution in [0.5, 0.6) is 0 Å². The van der Waals surface area contributed by atoms with Crippen LogP contribution in [0.25, 0.3) is 0 Å². The molecular weight excluding hydrogens is 244 g/mol. The zero-order chi connectivity index (χ0) is 13.0. The Bertz CT molecular complexity index is 522. The molecule has 0 radical (unpaired) electrons. The number of benzene rings is 1. The molecule has 2 rings (SSSR count). The second-order valence-electron chi connectivity index (χ2n) is 4.13. The predicted octanol–water partition coefficient (Wildman–Crippen LogP) is 3.11. The molecule has 0 atom stereocenters. The molecule has 0 saturated heterocycles. The summed E-state index contributed by atoms with van der Waals surface area (Å²) >= 11 is 1.37. The Morgan fingerprint density at radius 3 is 2.61 bits per heavy atom. The van der Waals surface area contributed by atoms with Gasteiger partial charge in [0.2, 0.25) is 0 Å². The van der Waals surface area contributed by atoms with Crippen LogP contribution in [-0.2, 0) is 6.54 Å². The topological polar surface area (TPSA) is 33.2 Å². The molecule has 18 heavy (non-hydrogen) atoms. The number of hydrogen-bond acceptors (Lipinski definition) is 3. The van der Waals surface area contributed by atoms with E-state index in [4.69, 9.17) is 0 Å². The summed E-state index contributed by atoms with van der Waals surface area (Å²) in [5, 5.41) is 0. The molecule has 4 heteroatoms. The van der Waals surface area contributed by atoms with Crippen LogP contribution in [0.3, 0.4) is 0 Å². The maximum absolute atomic E-state index is 12.3. The molecule has 1 amide bonds. The van der Waals surface area contributed by atoms with Crippen LogP contribution in [0.2, 0.25) is 0 Å². The van der Waals surface area contributed by atoms with Gasteiger partial charge in [0.15, 0.2) is 0 Å². The smallest absolute Gasteiger partial charge is 0.273 e. The van der Waals surface area contributed by atoms with Crippen LogP contribution in [0.1, 0.15) is 27.9 Å². The van der Waals surface area contributed by atoms with E-state index in [1.165, 1.54) is 11.5 Å². The van der Waals surface area contributed by atoms with Crippen molar-refractivity contribution in [3.05, 3.63) is 52.5 Å². The summed E-state index contributed by atoms with van der Waals surface area (Å²) in [4.78, 5) is 15.1. The van der Waals surface area contributed by atoms with Crippen molar-refractivity contribution in [1.82, 2.24) is 9.27 Å². The van der Waals surface area contributed by atoms with Crippen molar-refractivity contribution in [3.8, 4) is 0 Å². The van der Waals surface area contributed by atoms with Gasteiger partial charge in [-0.3, -0.25) is 4.79 Å². The van der Waals surface area contributed by atoms with E-state index >= 15 is 0 Å². The molecule has 0 fully saturated rings. The number of amides is 1. The Kier molecular flexibility index (Phi) is 4.10. The third-order valence-corrected chi connectivity index (χ3v) is 3.43. The molecule has 94 valence electrons. The average molecular weight is 260 g/mol. The van der Waals surface area contributed by atoms with Crippen molar-refractivity contribution >= 4 is 17.4 Å². The van der Waals surface area contributed by atoms with Crippen LogP contribution in [0.15, 0.2) is 36.4 Å². The van der Waals surface area contributed by atoms with E-state index in [2.05, 4.69) is 4.37 Å². The standard InChI is InChI=1S/C14H16N2OS/c1-3-16(10-12-7-5-4-6-8-12)14(17)13-9-11(2)18-15-13/h4-9H,3,10H2,1-2H3. The molecule has 0 aliphatic heterocycles. The van der Waals surface area contributed by atoms with Gasteiger partial charge in [0, 0.05) is 18.0 Å². The van der Waals surface area contributed by atoms with Gasteiger partial charge in [-0.1, -0.05) is 30.3 Å². The summed E-state index contributed by atoms with van der Waals surface area (Å²) in [7, 11) is 0. The zero-order valence-corrected chi connectivity index (χ0v) is 11.4. The minimum atomic E-state index is 0.00528. The fourth-order valence-corrected chi connectivity index (χ4v) is 2.30. The van der Waals surface area contributed by atoms with Gasteiger partial charge in [-0.15, -0.1) is 0 Å². The molecule has 0 saturated carbocycles. The minimum Gasteiger partial charge on any atom is -0.333 e. The third-order valence-electron chi connectivity index (χ3n) is 2.73. The summed E-state index contributed by atoms with van der Waals surface area (Å²) in [6.45, 7) is 5.26. The molecule has 1 aromatic heterocycles. The van der Waals surface area contributed by atoms with Crippen LogP contribution in [0, 0.1) is 6.92 Å². The number of nitrogens with zero attached hydrogens (tertiary/aromatic N) is 2. The van der Waals surface area contributed by atoms with Gasteiger partial charge in [-0.25, -0.2) is 0 Å². The highest BCUT2D eigenvalue weighted by atomic mass is 32.1. The molecular formula is C14H16N2OS. The Morgan fingerprint density at radius 2 is 2.06 bits per heavy atom. The van der Waals surface area contributed by atoms with E-state index in [0.717, 1.165) is 10.4 Å². The second kappa shape index (κ2) is 5.78. The predicted molar refractivity (Wildman–Crippen MR) is 73.7 cm³/mol. The van der Waals surface area contributed by atoms with Crippen molar-refractivity contribution in [2.75, 3.05) is 6.54 Å². The van der Waals surface area contributed by atoms with Crippen LogP contribution in [0.4, 0.5) is 0 Å². The lowest BCUT2D eigenvalue weighted by Crippen LogP contribution is -2.30. The van der Waals surface area contributed by atoms with Gasteiger partial charge in [0.25, 0.3) is 5.91 Å². The first kappa shape index (κ1) is 12.8. The third kappa shape index (κ3) is 2.96. The van der Waals surface area contributed by atoms with Crippen LogP contribution in [-0.4, -0.2) is 21.7 Å². The molecule has 1 aromatic carbocycles. The largest absolute Gasteiger partial charge is 0.333 e. The molecule has 3 nitrogen and oxygen atoms in total. The minimum absolute atomic E-state index is 0.00528. The Labute approximate surface area is 111 Å². The lowest BCUT2D eigenvalue weighted by molar-refractivity contribution is 0.0748. The van der Waals surface area contributed by atoms with Crippen molar-refractivity contribution in [2.45, 2.75) is 20.4 Å². The summed E-state index contributed by atoms with van der Waals surface area (Å²) in [5.41, 5.74) is 1.69. The van der Waals surface area contributed by atoms with Crippen LogP contribution < -0.4 is 0 Å². The van der Waals surface area contributed by atoms with E-state index in [1.807, 2.05) is 55.1 Å². The van der Waals surface area contributed by atoms with E-state index in [0.29, 0.717) is 18.8 Å². The van der Waals surface area contributed by atoms with Crippen molar-refractivity contribution in [2.24, 2.45) is 0 Å². The molecule has 2 aromatic rings. The van der Waals surface area contributed by atoms with Gasteiger partial charge in [0.1, 0.15) is 5.69 Å². The van der Waals surface area contributed by atoms with E-state index in [1.54, 1.807) is 0 Å². The van der Waals surface area contributed by atoms with Gasteiger partial charge in [-0.05, 0) is 37.0 Å². The number of carbonyl (C=O) groups is 1. The number of hydrogen-bond donors (Lipinski definition) is 0. The Morgan fingerprint density at radius 1 is 1.33 bits per heavy atom. The van der Waals surface area contributed by atoms with Gasteiger partial charge in [-0.2, -0.15) is 4.37 Å². The average Bonchev–Trinajstić information content (AvgIpc) is 2.83. The Balaban J connectivity index is 2.12. The summed E-state index contributed by atoms with van der Waals surface area (Å²) in [6.07, 6.45) is 0. The molecule has 1 heterocycles. The number of aryl methyl sites for hydroxylation is 1. The first-order chi connectivity index (χ1) is 8.70. The monoisotopic (exact) mass is 260 g/mol. The lowest BCUT2D eigenvalue weighted by Gasteiger charge is -2.19. The van der Waals surface area contributed by atoms with Crippen molar-refractivity contribution < 1.29 is 4.79 Å². The first-order valence-electron chi connectivity index (χ1n) is 5.97.